The lowest BCUT2D eigenvalue weighted by Crippen LogP contribution is -2.41. The van der Waals surface area contributed by atoms with Crippen LogP contribution < -0.4 is 4.90 Å². The Hall–Kier alpha value is -1.83. The van der Waals surface area contributed by atoms with Crippen LogP contribution in [0.5, 0.6) is 0 Å². The minimum atomic E-state index is -1.82. The van der Waals surface area contributed by atoms with Gasteiger partial charge in [0.1, 0.15) is 0 Å². The molecule has 7 nitrogen and oxygen atoms in total. The van der Waals surface area contributed by atoms with Crippen molar-refractivity contribution in [3.8, 4) is 0 Å². The van der Waals surface area contributed by atoms with E-state index < -0.39 is 11.9 Å². The van der Waals surface area contributed by atoms with Crippen molar-refractivity contribution >= 4 is 46.7 Å². The highest BCUT2D eigenvalue weighted by Gasteiger charge is 2.18. The number of carboxylic acid groups (broad SMARTS) is 2. The van der Waals surface area contributed by atoms with Gasteiger partial charge in [0.2, 0.25) is 5.91 Å². The molecular formula is C16H22Cl2N2O5. The molecule has 9 heteroatoms. The monoisotopic (exact) mass is 392 g/mol. The smallest absolute Gasteiger partial charge is 0.414 e. The van der Waals surface area contributed by atoms with Gasteiger partial charge >= 0.3 is 11.9 Å². The van der Waals surface area contributed by atoms with Crippen LogP contribution in [0.1, 0.15) is 20.3 Å². The van der Waals surface area contributed by atoms with Crippen LogP contribution >= 0.6 is 23.2 Å². The Morgan fingerprint density at radius 1 is 1.08 bits per heavy atom. The number of likely N-dealkylation sites (N-methyl/N-ethyl adjacent to an activating group) is 1. The number of rotatable bonds is 5. The molecule has 0 aliphatic heterocycles. The second-order valence-corrected chi connectivity index (χ2v) is 6.19. The Balaban J connectivity index is 0.000000823. The summed E-state index contributed by atoms with van der Waals surface area (Å²) in [7, 11) is 3.99. The van der Waals surface area contributed by atoms with Crippen LogP contribution in [-0.4, -0.2) is 59.6 Å². The first-order chi connectivity index (χ1) is 11.5. The highest BCUT2D eigenvalue weighted by molar-refractivity contribution is 6.42. The van der Waals surface area contributed by atoms with E-state index in [4.69, 9.17) is 43.0 Å². The molecule has 1 rings (SSSR count). The summed E-state index contributed by atoms with van der Waals surface area (Å²) >= 11 is 11.9. The molecule has 1 aromatic rings. The molecular weight excluding hydrogens is 371 g/mol. The fourth-order valence-electron chi connectivity index (χ4n) is 1.62. The third-order valence-corrected chi connectivity index (χ3v) is 4.07. The molecule has 25 heavy (non-hydrogen) atoms. The fourth-order valence-corrected chi connectivity index (χ4v) is 1.91. The maximum Gasteiger partial charge on any atom is 0.414 e. The van der Waals surface area contributed by atoms with E-state index in [-0.39, 0.29) is 11.9 Å². The number of aliphatic carboxylic acids is 2. The number of hydrogen-bond donors (Lipinski definition) is 2. The third-order valence-electron chi connectivity index (χ3n) is 3.33. The van der Waals surface area contributed by atoms with Gasteiger partial charge in [-0.2, -0.15) is 0 Å². The Morgan fingerprint density at radius 2 is 1.60 bits per heavy atom. The number of halogens is 2. The summed E-state index contributed by atoms with van der Waals surface area (Å²) in [5, 5.41) is 15.7. The van der Waals surface area contributed by atoms with Gasteiger partial charge in [-0.05, 0) is 39.2 Å². The summed E-state index contributed by atoms with van der Waals surface area (Å²) in [5.41, 5.74) is 0.787. The van der Waals surface area contributed by atoms with Crippen LogP contribution in [0.2, 0.25) is 10.0 Å². The van der Waals surface area contributed by atoms with Crippen molar-refractivity contribution in [1.29, 1.82) is 0 Å². The molecule has 0 radical (unpaired) electrons. The van der Waals surface area contributed by atoms with Gasteiger partial charge in [-0.3, -0.25) is 4.79 Å². The summed E-state index contributed by atoms with van der Waals surface area (Å²) in [6, 6.07) is 5.53. The van der Waals surface area contributed by atoms with Gasteiger partial charge in [0, 0.05) is 24.7 Å². The maximum atomic E-state index is 12.1. The predicted octanol–water partition coefficient (Wildman–Crippen LogP) is 2.84. The van der Waals surface area contributed by atoms with Crippen molar-refractivity contribution in [3.63, 3.8) is 0 Å². The minimum absolute atomic E-state index is 0.0760. The van der Waals surface area contributed by atoms with E-state index in [1.807, 2.05) is 27.1 Å². The number of amides is 1. The third kappa shape index (κ3) is 8.20. The Bertz CT molecular complexity index is 611. The topological polar surface area (TPSA) is 98.2 Å². The predicted molar refractivity (Wildman–Crippen MR) is 97.5 cm³/mol. The zero-order chi connectivity index (χ0) is 19.7. The van der Waals surface area contributed by atoms with Crippen LogP contribution in [0.25, 0.3) is 0 Å². The van der Waals surface area contributed by atoms with Gasteiger partial charge in [0.05, 0.1) is 10.0 Å². The molecule has 0 saturated heterocycles. The number of benzene rings is 1. The van der Waals surface area contributed by atoms with Crippen molar-refractivity contribution in [2.75, 3.05) is 25.5 Å². The molecule has 0 aromatic heterocycles. The number of nitrogens with zero attached hydrogens (tertiary/aromatic N) is 2. The Kier molecular flexibility index (Phi) is 10.1. The molecule has 0 bridgehead atoms. The highest BCUT2D eigenvalue weighted by atomic mass is 35.5. The minimum Gasteiger partial charge on any atom is -0.473 e. The van der Waals surface area contributed by atoms with Crippen molar-refractivity contribution in [3.05, 3.63) is 28.2 Å². The van der Waals surface area contributed by atoms with Crippen molar-refractivity contribution < 1.29 is 24.6 Å². The van der Waals surface area contributed by atoms with Gasteiger partial charge < -0.3 is 20.0 Å². The maximum absolute atomic E-state index is 12.1. The SMILES string of the molecule is CCC(=O)N(CC(C)N(C)C)c1ccc(Cl)c(Cl)c1.O=C(O)C(=O)O. The van der Waals surface area contributed by atoms with Crippen molar-refractivity contribution in [2.24, 2.45) is 0 Å². The number of hydrogen-bond acceptors (Lipinski definition) is 4. The fraction of sp³-hybridized carbons (Fsp3) is 0.438. The van der Waals surface area contributed by atoms with E-state index in [0.717, 1.165) is 5.69 Å². The molecule has 1 amide bonds. The van der Waals surface area contributed by atoms with Gasteiger partial charge in [-0.25, -0.2) is 9.59 Å². The molecule has 140 valence electrons. The molecule has 1 aromatic carbocycles. The average Bonchev–Trinajstić information content (AvgIpc) is 2.54. The number of carbonyl (C=O) groups is 3. The zero-order valence-corrected chi connectivity index (χ0v) is 16.0. The molecule has 0 spiro atoms. The van der Waals surface area contributed by atoms with Gasteiger partial charge in [0.25, 0.3) is 0 Å². The second-order valence-electron chi connectivity index (χ2n) is 5.38. The summed E-state index contributed by atoms with van der Waals surface area (Å²) < 4.78 is 0. The summed E-state index contributed by atoms with van der Waals surface area (Å²) in [5.74, 6) is -3.57. The summed E-state index contributed by atoms with van der Waals surface area (Å²) in [6.07, 6.45) is 0.459. The van der Waals surface area contributed by atoms with E-state index in [0.29, 0.717) is 23.0 Å². The molecule has 0 aliphatic rings. The average molecular weight is 393 g/mol. The number of carbonyl (C=O) groups excluding carboxylic acids is 1. The zero-order valence-electron chi connectivity index (χ0n) is 14.5. The largest absolute Gasteiger partial charge is 0.473 e. The van der Waals surface area contributed by atoms with Crippen LogP contribution in [0.15, 0.2) is 18.2 Å². The first-order valence-electron chi connectivity index (χ1n) is 7.39. The highest BCUT2D eigenvalue weighted by Crippen LogP contribution is 2.27. The van der Waals surface area contributed by atoms with E-state index in [2.05, 4.69) is 11.8 Å². The van der Waals surface area contributed by atoms with E-state index in [1.165, 1.54) is 0 Å². The van der Waals surface area contributed by atoms with Crippen molar-refractivity contribution in [2.45, 2.75) is 26.3 Å². The van der Waals surface area contributed by atoms with Gasteiger partial charge in [-0.15, -0.1) is 0 Å². The van der Waals surface area contributed by atoms with E-state index in [1.54, 1.807) is 17.0 Å². The standard InChI is InChI=1S/C14H20Cl2N2O.C2H2O4/c1-5-14(19)18(9-10(2)17(3)4)11-6-7-12(15)13(16)8-11;3-1(4)2(5)6/h6-8,10H,5,9H2,1-4H3;(H,3,4)(H,5,6). The van der Waals surface area contributed by atoms with Gasteiger partial charge in [-0.1, -0.05) is 30.1 Å². The van der Waals surface area contributed by atoms with Gasteiger partial charge in [0.15, 0.2) is 0 Å². The van der Waals surface area contributed by atoms with E-state index in [9.17, 15) is 4.79 Å². The van der Waals surface area contributed by atoms with E-state index >= 15 is 0 Å². The molecule has 0 aliphatic carbocycles. The summed E-state index contributed by atoms with van der Waals surface area (Å²) in [4.78, 5) is 34.1. The Labute approximate surface area is 156 Å². The number of carboxylic acids is 2. The quantitative estimate of drug-likeness (QED) is 0.747. The van der Waals surface area contributed by atoms with Crippen LogP contribution in [0.3, 0.4) is 0 Å². The molecule has 2 N–H and O–H groups in total. The first-order valence-corrected chi connectivity index (χ1v) is 8.14. The normalized spacial score (nSPS) is 11.3. The summed E-state index contributed by atoms with van der Waals surface area (Å²) in [6.45, 7) is 4.55. The molecule has 0 heterocycles. The molecule has 0 fully saturated rings. The van der Waals surface area contributed by atoms with Crippen molar-refractivity contribution in [1.82, 2.24) is 4.90 Å². The van der Waals surface area contributed by atoms with Crippen LogP contribution in [0, 0.1) is 0 Å². The second kappa shape index (κ2) is 10.9. The van der Waals surface area contributed by atoms with Crippen LogP contribution in [0.4, 0.5) is 5.69 Å². The lowest BCUT2D eigenvalue weighted by Gasteiger charge is -2.29. The Morgan fingerprint density at radius 3 is 1.96 bits per heavy atom. The lowest BCUT2D eigenvalue weighted by atomic mass is 10.2. The molecule has 0 saturated carbocycles. The number of anilines is 1. The molecule has 1 unspecified atom stereocenters. The van der Waals surface area contributed by atoms with Crippen LogP contribution in [-0.2, 0) is 14.4 Å². The molecule has 1 atom stereocenters. The lowest BCUT2D eigenvalue weighted by molar-refractivity contribution is -0.159. The first kappa shape index (κ1) is 23.2.